The highest BCUT2D eigenvalue weighted by atomic mass is 16.1. The average molecular weight is 149 g/mol. The highest BCUT2D eigenvalue weighted by molar-refractivity contribution is 5.93. The fraction of sp³-hybridized carbons (Fsp3) is 0. The smallest absolute Gasteiger partial charge is 0.269 e. The maximum atomic E-state index is 10.7. The van der Waals surface area contributed by atoms with E-state index in [2.05, 4.69) is 16.5 Å². The van der Waals surface area contributed by atoms with Gasteiger partial charge in [0.25, 0.3) is 5.91 Å². The second-order valence-corrected chi connectivity index (χ2v) is 1.86. The van der Waals surface area contributed by atoms with Crippen molar-refractivity contribution in [3.05, 3.63) is 30.4 Å². The van der Waals surface area contributed by atoms with Crippen molar-refractivity contribution in [2.75, 3.05) is 0 Å². The Morgan fingerprint density at radius 1 is 1.55 bits per heavy atom. The van der Waals surface area contributed by atoms with Crippen LogP contribution in [0.25, 0.3) is 6.08 Å². The van der Waals surface area contributed by atoms with E-state index >= 15 is 0 Å². The largest absolute Gasteiger partial charge is 0.364 e. The summed E-state index contributed by atoms with van der Waals surface area (Å²) < 4.78 is 0. The van der Waals surface area contributed by atoms with Gasteiger partial charge in [0.05, 0.1) is 5.69 Å². The summed E-state index contributed by atoms with van der Waals surface area (Å²) >= 11 is 0. The molecule has 1 heterocycles. The summed E-state index contributed by atoms with van der Waals surface area (Å²) in [7, 11) is 0. The molecule has 0 unspecified atom stereocenters. The van der Waals surface area contributed by atoms with E-state index in [0.717, 1.165) is 0 Å². The molecular formula is C7H7N3O. The SMILES string of the molecule is C=Cc1nccnc1C(N)=O. The van der Waals surface area contributed by atoms with Crippen molar-refractivity contribution >= 4 is 12.0 Å². The van der Waals surface area contributed by atoms with Gasteiger partial charge in [-0.1, -0.05) is 6.58 Å². The summed E-state index contributed by atoms with van der Waals surface area (Å²) in [6, 6.07) is 0. The lowest BCUT2D eigenvalue weighted by molar-refractivity contribution is 0.0995. The number of nitrogens with two attached hydrogens (primary N) is 1. The standard InChI is InChI=1S/C7H7N3O/c1-2-5-6(7(8)11)10-4-3-9-5/h2-4H,1H2,(H2,8,11). The maximum absolute atomic E-state index is 10.7. The minimum atomic E-state index is -0.590. The molecule has 0 bridgehead atoms. The highest BCUT2D eigenvalue weighted by Gasteiger charge is 2.05. The van der Waals surface area contributed by atoms with Crippen LogP contribution in [0, 0.1) is 0 Å². The zero-order chi connectivity index (χ0) is 8.27. The maximum Gasteiger partial charge on any atom is 0.269 e. The van der Waals surface area contributed by atoms with Gasteiger partial charge >= 0.3 is 0 Å². The quantitative estimate of drug-likeness (QED) is 0.653. The number of carbonyl (C=O) groups is 1. The average Bonchev–Trinajstić information content (AvgIpc) is 2.04. The van der Waals surface area contributed by atoms with E-state index in [1.54, 1.807) is 0 Å². The van der Waals surface area contributed by atoms with Gasteiger partial charge in [-0.2, -0.15) is 0 Å². The third kappa shape index (κ3) is 1.40. The molecule has 0 aliphatic heterocycles. The van der Waals surface area contributed by atoms with Crippen molar-refractivity contribution in [3.8, 4) is 0 Å². The minimum Gasteiger partial charge on any atom is -0.364 e. The van der Waals surface area contributed by atoms with Gasteiger partial charge in [-0.3, -0.25) is 9.78 Å². The van der Waals surface area contributed by atoms with Crippen molar-refractivity contribution in [1.82, 2.24) is 9.97 Å². The molecule has 0 fully saturated rings. The summed E-state index contributed by atoms with van der Waals surface area (Å²) in [5, 5.41) is 0. The molecule has 4 heteroatoms. The van der Waals surface area contributed by atoms with E-state index in [9.17, 15) is 4.79 Å². The number of nitrogens with zero attached hydrogens (tertiary/aromatic N) is 2. The topological polar surface area (TPSA) is 68.9 Å². The Morgan fingerprint density at radius 2 is 2.18 bits per heavy atom. The van der Waals surface area contributed by atoms with Crippen LogP contribution in [-0.4, -0.2) is 15.9 Å². The van der Waals surface area contributed by atoms with Crippen molar-refractivity contribution in [2.24, 2.45) is 5.73 Å². The summed E-state index contributed by atoms with van der Waals surface area (Å²) in [4.78, 5) is 18.2. The molecule has 0 aliphatic rings. The van der Waals surface area contributed by atoms with E-state index in [-0.39, 0.29) is 5.69 Å². The Kier molecular flexibility index (Phi) is 1.96. The van der Waals surface area contributed by atoms with Gasteiger partial charge in [0.15, 0.2) is 5.69 Å². The van der Waals surface area contributed by atoms with Gasteiger partial charge in [-0.15, -0.1) is 0 Å². The molecule has 0 spiro atoms. The molecule has 1 amide bonds. The van der Waals surface area contributed by atoms with Crippen LogP contribution in [0.1, 0.15) is 16.2 Å². The lowest BCUT2D eigenvalue weighted by Crippen LogP contribution is -2.15. The van der Waals surface area contributed by atoms with Crippen molar-refractivity contribution < 1.29 is 4.79 Å². The zero-order valence-corrected chi connectivity index (χ0v) is 5.82. The zero-order valence-electron chi connectivity index (χ0n) is 5.82. The first-order valence-corrected chi connectivity index (χ1v) is 2.99. The van der Waals surface area contributed by atoms with Crippen molar-refractivity contribution in [1.29, 1.82) is 0 Å². The van der Waals surface area contributed by atoms with Crippen molar-refractivity contribution in [2.45, 2.75) is 0 Å². The van der Waals surface area contributed by atoms with Crippen LogP contribution in [0.4, 0.5) is 0 Å². The number of hydrogen-bond acceptors (Lipinski definition) is 3. The van der Waals surface area contributed by atoms with Gasteiger partial charge < -0.3 is 5.73 Å². The first-order chi connectivity index (χ1) is 5.25. The van der Waals surface area contributed by atoms with Crippen LogP contribution >= 0.6 is 0 Å². The molecule has 1 rings (SSSR count). The summed E-state index contributed by atoms with van der Waals surface area (Å²) in [6.45, 7) is 3.46. The minimum absolute atomic E-state index is 0.155. The van der Waals surface area contributed by atoms with E-state index in [0.29, 0.717) is 5.69 Å². The van der Waals surface area contributed by atoms with E-state index < -0.39 is 5.91 Å². The third-order valence-corrected chi connectivity index (χ3v) is 1.15. The number of hydrogen-bond donors (Lipinski definition) is 1. The predicted molar refractivity (Wildman–Crippen MR) is 40.6 cm³/mol. The normalized spacial score (nSPS) is 9.09. The van der Waals surface area contributed by atoms with Crippen LogP contribution in [0.5, 0.6) is 0 Å². The Labute approximate surface area is 63.8 Å². The Hall–Kier alpha value is -1.71. The molecule has 11 heavy (non-hydrogen) atoms. The van der Waals surface area contributed by atoms with Crippen molar-refractivity contribution in [3.63, 3.8) is 0 Å². The molecule has 0 saturated carbocycles. The van der Waals surface area contributed by atoms with Gasteiger partial charge in [-0.05, 0) is 6.08 Å². The number of rotatable bonds is 2. The van der Waals surface area contributed by atoms with E-state index in [1.807, 2.05) is 0 Å². The second-order valence-electron chi connectivity index (χ2n) is 1.86. The Balaban J connectivity index is 3.22. The van der Waals surface area contributed by atoms with Crippen LogP contribution in [0.15, 0.2) is 19.0 Å². The monoisotopic (exact) mass is 149 g/mol. The highest BCUT2D eigenvalue weighted by Crippen LogP contribution is 2.00. The lowest BCUT2D eigenvalue weighted by Gasteiger charge is -1.96. The third-order valence-electron chi connectivity index (χ3n) is 1.15. The van der Waals surface area contributed by atoms with E-state index in [1.165, 1.54) is 18.5 Å². The van der Waals surface area contributed by atoms with Gasteiger partial charge in [0.2, 0.25) is 0 Å². The first kappa shape index (κ1) is 7.40. The lowest BCUT2D eigenvalue weighted by atomic mass is 10.3. The van der Waals surface area contributed by atoms with Gasteiger partial charge in [-0.25, -0.2) is 4.98 Å². The van der Waals surface area contributed by atoms with Crippen LogP contribution in [0.2, 0.25) is 0 Å². The second kappa shape index (κ2) is 2.92. The van der Waals surface area contributed by atoms with E-state index in [4.69, 9.17) is 5.73 Å². The number of aromatic nitrogens is 2. The molecule has 2 N–H and O–H groups in total. The molecule has 0 aromatic carbocycles. The summed E-state index contributed by atoms with van der Waals surface area (Å²) in [5.41, 5.74) is 5.57. The van der Waals surface area contributed by atoms with Crippen LogP contribution in [0.3, 0.4) is 0 Å². The predicted octanol–water partition coefficient (Wildman–Crippen LogP) is 0.219. The van der Waals surface area contributed by atoms with Gasteiger partial charge in [0, 0.05) is 12.4 Å². The summed E-state index contributed by atoms with van der Waals surface area (Å²) in [6.07, 6.45) is 4.32. The van der Waals surface area contributed by atoms with Crippen LogP contribution in [-0.2, 0) is 0 Å². The number of primary amides is 1. The molecule has 0 atom stereocenters. The Bertz CT molecular complexity index is 295. The molecule has 4 nitrogen and oxygen atoms in total. The molecule has 1 aromatic heterocycles. The number of carbonyl (C=O) groups excluding carboxylic acids is 1. The fourth-order valence-electron chi connectivity index (χ4n) is 0.688. The summed E-state index contributed by atoms with van der Waals surface area (Å²) in [5.74, 6) is -0.590. The number of amides is 1. The molecule has 0 saturated heterocycles. The van der Waals surface area contributed by atoms with Crippen LogP contribution < -0.4 is 5.73 Å². The Morgan fingerprint density at radius 3 is 2.64 bits per heavy atom. The molecular weight excluding hydrogens is 142 g/mol. The first-order valence-electron chi connectivity index (χ1n) is 2.99. The molecule has 0 radical (unpaired) electrons. The molecule has 56 valence electrons. The fourth-order valence-corrected chi connectivity index (χ4v) is 0.688. The molecule has 1 aromatic rings. The van der Waals surface area contributed by atoms with Gasteiger partial charge in [0.1, 0.15) is 0 Å². The molecule has 0 aliphatic carbocycles.